The summed E-state index contributed by atoms with van der Waals surface area (Å²) in [6.45, 7) is 2.07. The zero-order valence-corrected chi connectivity index (χ0v) is 10.9. The molecule has 1 amide bonds. The number of carbonyl (C=O) groups excluding carboxylic acids is 2. The van der Waals surface area contributed by atoms with E-state index in [9.17, 15) is 9.59 Å². The van der Waals surface area contributed by atoms with E-state index in [0.29, 0.717) is 12.8 Å². The summed E-state index contributed by atoms with van der Waals surface area (Å²) in [6.07, 6.45) is 4.70. The van der Waals surface area contributed by atoms with Crippen molar-refractivity contribution >= 4 is 12.2 Å². The van der Waals surface area contributed by atoms with Crippen LogP contribution in [0.3, 0.4) is 0 Å². The van der Waals surface area contributed by atoms with Gasteiger partial charge in [-0.25, -0.2) is 0 Å². The molecule has 0 heterocycles. The Morgan fingerprint density at radius 1 is 1.33 bits per heavy atom. The van der Waals surface area contributed by atoms with Gasteiger partial charge in [-0.1, -0.05) is 50.1 Å². The van der Waals surface area contributed by atoms with Gasteiger partial charge < -0.3 is 10.1 Å². The molecule has 0 aliphatic heterocycles. The molecule has 0 radical (unpaired) electrons. The van der Waals surface area contributed by atoms with Gasteiger partial charge in [-0.3, -0.25) is 4.79 Å². The van der Waals surface area contributed by atoms with Gasteiger partial charge in [-0.2, -0.15) is 0 Å². The lowest BCUT2D eigenvalue weighted by molar-refractivity contribution is -0.124. The Morgan fingerprint density at radius 2 is 2.06 bits per heavy atom. The van der Waals surface area contributed by atoms with Crippen molar-refractivity contribution < 1.29 is 9.59 Å². The van der Waals surface area contributed by atoms with E-state index in [1.807, 2.05) is 30.3 Å². The van der Waals surface area contributed by atoms with Crippen LogP contribution in [-0.2, 0) is 16.0 Å². The Hall–Kier alpha value is -1.64. The number of hydrogen-bond acceptors (Lipinski definition) is 2. The highest BCUT2D eigenvalue weighted by molar-refractivity contribution is 5.79. The van der Waals surface area contributed by atoms with Crippen LogP contribution in [0.15, 0.2) is 30.3 Å². The summed E-state index contributed by atoms with van der Waals surface area (Å²) >= 11 is 0. The Kier molecular flexibility index (Phi) is 6.77. The van der Waals surface area contributed by atoms with Crippen LogP contribution in [0.4, 0.5) is 0 Å². The second kappa shape index (κ2) is 8.45. The molecule has 0 bridgehead atoms. The van der Waals surface area contributed by atoms with Crippen LogP contribution in [0.1, 0.15) is 38.2 Å². The predicted octanol–water partition coefficient (Wildman–Crippen LogP) is 2.49. The largest absolute Gasteiger partial charge is 0.347 e. The number of amides is 1. The van der Waals surface area contributed by atoms with Crippen LogP contribution in [0.5, 0.6) is 0 Å². The highest BCUT2D eigenvalue weighted by Gasteiger charge is 2.10. The van der Waals surface area contributed by atoms with Crippen molar-refractivity contribution in [3.05, 3.63) is 35.9 Å². The van der Waals surface area contributed by atoms with Crippen molar-refractivity contribution in [2.75, 3.05) is 0 Å². The summed E-state index contributed by atoms with van der Waals surface area (Å²) in [6, 6.07) is 9.55. The minimum absolute atomic E-state index is 0.0490. The number of carbonyl (C=O) groups is 2. The molecule has 0 saturated carbocycles. The fraction of sp³-hybridized carbons (Fsp3) is 0.467. The van der Waals surface area contributed by atoms with E-state index in [1.54, 1.807) is 0 Å². The molecule has 0 aromatic heterocycles. The molecule has 0 aliphatic rings. The number of aryl methyl sites for hydroxylation is 1. The zero-order valence-electron chi connectivity index (χ0n) is 10.9. The molecule has 1 aromatic rings. The maximum absolute atomic E-state index is 11.7. The lowest BCUT2D eigenvalue weighted by Crippen LogP contribution is -2.36. The third-order valence-electron chi connectivity index (χ3n) is 2.86. The minimum atomic E-state index is -0.326. The average Bonchev–Trinajstić information content (AvgIpc) is 2.42. The van der Waals surface area contributed by atoms with Crippen molar-refractivity contribution in [3.63, 3.8) is 0 Å². The summed E-state index contributed by atoms with van der Waals surface area (Å²) in [7, 11) is 0. The molecular weight excluding hydrogens is 226 g/mol. The van der Waals surface area contributed by atoms with Crippen LogP contribution in [0.2, 0.25) is 0 Å². The lowest BCUT2D eigenvalue weighted by atomic mass is 10.1. The molecule has 3 heteroatoms. The smallest absolute Gasteiger partial charge is 0.220 e. The Bertz CT molecular complexity index is 362. The summed E-state index contributed by atoms with van der Waals surface area (Å²) < 4.78 is 0. The van der Waals surface area contributed by atoms with Crippen molar-refractivity contribution in [2.24, 2.45) is 0 Å². The molecule has 0 saturated heterocycles. The monoisotopic (exact) mass is 247 g/mol. The third kappa shape index (κ3) is 5.62. The SMILES string of the molecule is CCCCC(C=O)NC(=O)CCc1ccccc1. The number of hydrogen-bond donors (Lipinski definition) is 1. The van der Waals surface area contributed by atoms with E-state index in [0.717, 1.165) is 31.1 Å². The summed E-state index contributed by atoms with van der Waals surface area (Å²) in [5.74, 6) is -0.0490. The van der Waals surface area contributed by atoms with Gasteiger partial charge in [0.1, 0.15) is 6.29 Å². The molecule has 1 aromatic carbocycles. The maximum Gasteiger partial charge on any atom is 0.220 e. The highest BCUT2D eigenvalue weighted by Crippen LogP contribution is 2.03. The van der Waals surface area contributed by atoms with E-state index in [4.69, 9.17) is 0 Å². The second-order valence-electron chi connectivity index (χ2n) is 4.44. The van der Waals surface area contributed by atoms with Gasteiger partial charge >= 0.3 is 0 Å². The first kappa shape index (κ1) is 14.4. The van der Waals surface area contributed by atoms with Crippen LogP contribution in [0, 0.1) is 0 Å². The van der Waals surface area contributed by atoms with Gasteiger partial charge in [0.25, 0.3) is 0 Å². The molecule has 3 nitrogen and oxygen atoms in total. The molecule has 1 rings (SSSR count). The van der Waals surface area contributed by atoms with Crippen LogP contribution < -0.4 is 5.32 Å². The molecule has 98 valence electrons. The van der Waals surface area contributed by atoms with Crippen LogP contribution in [-0.4, -0.2) is 18.2 Å². The van der Waals surface area contributed by atoms with E-state index < -0.39 is 0 Å². The zero-order chi connectivity index (χ0) is 13.2. The number of aldehydes is 1. The molecule has 1 unspecified atom stereocenters. The summed E-state index contributed by atoms with van der Waals surface area (Å²) in [5.41, 5.74) is 1.14. The molecule has 0 fully saturated rings. The van der Waals surface area contributed by atoms with Gasteiger partial charge in [-0.15, -0.1) is 0 Å². The maximum atomic E-state index is 11.7. The van der Waals surface area contributed by atoms with Crippen LogP contribution in [0.25, 0.3) is 0 Å². The average molecular weight is 247 g/mol. The van der Waals surface area contributed by atoms with E-state index in [2.05, 4.69) is 12.2 Å². The summed E-state index contributed by atoms with van der Waals surface area (Å²) in [5, 5.41) is 2.76. The fourth-order valence-electron chi connectivity index (χ4n) is 1.78. The molecule has 18 heavy (non-hydrogen) atoms. The minimum Gasteiger partial charge on any atom is -0.347 e. The van der Waals surface area contributed by atoms with Crippen LogP contribution >= 0.6 is 0 Å². The highest BCUT2D eigenvalue weighted by atomic mass is 16.2. The normalized spacial score (nSPS) is 11.8. The number of rotatable bonds is 8. The fourth-order valence-corrected chi connectivity index (χ4v) is 1.78. The van der Waals surface area contributed by atoms with Crippen molar-refractivity contribution in [3.8, 4) is 0 Å². The predicted molar refractivity (Wildman–Crippen MR) is 72.3 cm³/mol. The first-order chi connectivity index (χ1) is 8.76. The molecule has 1 N–H and O–H groups in total. The van der Waals surface area contributed by atoms with Gasteiger partial charge in [-0.05, 0) is 18.4 Å². The number of nitrogens with one attached hydrogen (secondary N) is 1. The molecule has 0 spiro atoms. The van der Waals surface area contributed by atoms with Crippen molar-refractivity contribution in [1.82, 2.24) is 5.32 Å². The third-order valence-corrected chi connectivity index (χ3v) is 2.86. The first-order valence-electron chi connectivity index (χ1n) is 6.54. The number of unbranched alkanes of at least 4 members (excludes halogenated alkanes) is 1. The topological polar surface area (TPSA) is 46.2 Å². The van der Waals surface area contributed by atoms with E-state index in [1.165, 1.54) is 0 Å². The number of benzene rings is 1. The van der Waals surface area contributed by atoms with Gasteiger partial charge in [0.15, 0.2) is 0 Å². The molecule has 0 aliphatic carbocycles. The summed E-state index contributed by atoms with van der Waals surface area (Å²) in [4.78, 5) is 22.5. The quantitative estimate of drug-likeness (QED) is 0.717. The molecular formula is C15H21NO2. The second-order valence-corrected chi connectivity index (χ2v) is 4.44. The van der Waals surface area contributed by atoms with Crippen molar-refractivity contribution in [1.29, 1.82) is 0 Å². The van der Waals surface area contributed by atoms with E-state index in [-0.39, 0.29) is 11.9 Å². The Morgan fingerprint density at radius 3 is 2.67 bits per heavy atom. The van der Waals surface area contributed by atoms with Crippen molar-refractivity contribution in [2.45, 2.75) is 45.1 Å². The Labute approximate surface area is 109 Å². The van der Waals surface area contributed by atoms with Gasteiger partial charge in [0.2, 0.25) is 5.91 Å². The Balaban J connectivity index is 2.30. The standard InChI is InChI=1S/C15H21NO2/c1-2-3-9-14(12-17)16-15(18)11-10-13-7-5-4-6-8-13/h4-8,12,14H,2-3,9-11H2,1H3,(H,16,18). The van der Waals surface area contributed by atoms with Gasteiger partial charge in [0, 0.05) is 6.42 Å². The lowest BCUT2D eigenvalue weighted by Gasteiger charge is -2.12. The van der Waals surface area contributed by atoms with E-state index >= 15 is 0 Å². The van der Waals surface area contributed by atoms with Gasteiger partial charge in [0.05, 0.1) is 6.04 Å². The molecule has 1 atom stereocenters. The first-order valence-corrected chi connectivity index (χ1v) is 6.54.